The van der Waals surface area contributed by atoms with Crippen molar-refractivity contribution >= 4 is 11.9 Å². The van der Waals surface area contributed by atoms with Crippen LogP contribution < -0.4 is 0 Å². The van der Waals surface area contributed by atoms with E-state index in [9.17, 15) is 19.8 Å². The number of aliphatic hydroxyl groups excluding tert-OH is 2. The monoisotopic (exact) mass is 316 g/mol. The van der Waals surface area contributed by atoms with Gasteiger partial charge in [-0.05, 0) is 13.8 Å². The Morgan fingerprint density at radius 3 is 1.27 bits per heavy atom. The van der Waals surface area contributed by atoms with E-state index in [4.69, 9.17) is 10.2 Å². The smallest absolute Gasteiger partial charge is 0.320 e. The Hall–Kier alpha value is -2.06. The predicted molar refractivity (Wildman–Crippen MR) is 80.9 cm³/mol. The van der Waals surface area contributed by atoms with Gasteiger partial charge in [0.2, 0.25) is 0 Å². The van der Waals surface area contributed by atoms with Crippen LogP contribution in [0.25, 0.3) is 0 Å². The molecule has 0 saturated carbocycles. The Morgan fingerprint density at radius 2 is 1.09 bits per heavy atom. The number of nitrogens with zero attached hydrogens (tertiary/aromatic N) is 2. The normalized spacial score (nSPS) is 13.8. The van der Waals surface area contributed by atoms with Crippen LogP contribution in [0.1, 0.15) is 13.8 Å². The van der Waals surface area contributed by atoms with E-state index in [-0.39, 0.29) is 37.7 Å². The molecule has 0 aliphatic rings. The minimum absolute atomic E-state index is 0.0389. The molecular formula is C14H24N2O6. The van der Waals surface area contributed by atoms with Crippen molar-refractivity contribution in [1.82, 2.24) is 9.80 Å². The second-order valence-corrected chi connectivity index (χ2v) is 5.10. The number of hydrogen-bond acceptors (Lipinski definition) is 6. The second-order valence-electron chi connectivity index (χ2n) is 5.10. The molecule has 0 spiro atoms. The van der Waals surface area contributed by atoms with E-state index < -0.39 is 24.0 Å². The van der Waals surface area contributed by atoms with E-state index in [0.29, 0.717) is 0 Å². The quantitative estimate of drug-likeness (QED) is 0.411. The van der Waals surface area contributed by atoms with Gasteiger partial charge in [0, 0.05) is 13.1 Å². The molecule has 2 unspecified atom stereocenters. The minimum Gasteiger partial charge on any atom is -0.512 e. The first-order valence-electron chi connectivity index (χ1n) is 6.73. The van der Waals surface area contributed by atoms with Crippen molar-refractivity contribution in [2.45, 2.75) is 25.9 Å². The molecule has 8 nitrogen and oxygen atoms in total. The van der Waals surface area contributed by atoms with Gasteiger partial charge in [0.25, 0.3) is 0 Å². The van der Waals surface area contributed by atoms with E-state index in [0.717, 1.165) is 0 Å². The fourth-order valence-corrected chi connectivity index (χ4v) is 1.86. The molecule has 8 heteroatoms. The first-order valence-corrected chi connectivity index (χ1v) is 6.73. The minimum atomic E-state index is -1.06. The fraction of sp³-hybridized carbons (Fsp3) is 0.571. The van der Waals surface area contributed by atoms with Gasteiger partial charge in [-0.25, -0.2) is 0 Å². The van der Waals surface area contributed by atoms with Gasteiger partial charge >= 0.3 is 11.9 Å². The number of carboxylic acid groups (broad SMARTS) is 2. The van der Waals surface area contributed by atoms with E-state index in [1.807, 2.05) is 0 Å². The highest BCUT2D eigenvalue weighted by molar-refractivity contribution is 5.73. The Balaban J connectivity index is 4.93. The topological polar surface area (TPSA) is 122 Å². The molecule has 0 heterocycles. The molecular weight excluding hydrogens is 292 g/mol. The summed E-state index contributed by atoms with van der Waals surface area (Å²) < 4.78 is 0. The maximum Gasteiger partial charge on any atom is 0.320 e. The van der Waals surface area contributed by atoms with Crippen LogP contribution in [0.2, 0.25) is 0 Å². The summed E-state index contributed by atoms with van der Waals surface area (Å²) in [6, 6.07) is -1.74. The maximum atomic E-state index is 11.1. The van der Waals surface area contributed by atoms with E-state index >= 15 is 0 Å². The molecule has 0 radical (unpaired) electrons. The summed E-state index contributed by atoms with van der Waals surface area (Å²) in [4.78, 5) is 25.0. The number of aliphatic carboxylic acids is 2. The van der Waals surface area contributed by atoms with Crippen LogP contribution in [0.5, 0.6) is 0 Å². The van der Waals surface area contributed by atoms with E-state index in [1.165, 1.54) is 23.6 Å². The van der Waals surface area contributed by atoms with Crippen LogP contribution in [0.4, 0.5) is 0 Å². The molecule has 0 aliphatic carbocycles. The third-order valence-electron chi connectivity index (χ3n) is 3.26. The third kappa shape index (κ3) is 7.09. The number of carboxylic acids is 2. The summed E-state index contributed by atoms with van der Waals surface area (Å²) in [5, 5.41) is 36.7. The molecule has 0 fully saturated rings. The Labute approximate surface area is 129 Å². The average Bonchev–Trinajstić information content (AvgIpc) is 2.38. The number of aliphatic hydroxyl groups is 2. The Bertz CT molecular complexity index is 397. The standard InChI is InChI=1S/C14H24N2O6/c1-9(17)7-15(11(3)13(19)20)5-6-16(8-10(2)18)12(4)14(21)22/h11-12,17-18H,1-2,5-8H2,3-4H3,(H,19,20)(H,21,22). The average molecular weight is 316 g/mol. The highest BCUT2D eigenvalue weighted by Gasteiger charge is 2.25. The molecule has 0 rings (SSSR count). The molecule has 0 bridgehead atoms. The van der Waals surface area contributed by atoms with Crippen LogP contribution in [0.3, 0.4) is 0 Å². The fourth-order valence-electron chi connectivity index (χ4n) is 1.86. The van der Waals surface area contributed by atoms with Gasteiger partial charge in [0.15, 0.2) is 0 Å². The zero-order valence-electron chi connectivity index (χ0n) is 12.9. The van der Waals surface area contributed by atoms with Gasteiger partial charge in [-0.1, -0.05) is 13.2 Å². The molecule has 2 atom stereocenters. The zero-order chi connectivity index (χ0) is 17.4. The molecule has 126 valence electrons. The van der Waals surface area contributed by atoms with Crippen molar-refractivity contribution in [3.63, 3.8) is 0 Å². The van der Waals surface area contributed by atoms with Crippen LogP contribution in [0.15, 0.2) is 24.7 Å². The lowest BCUT2D eigenvalue weighted by Crippen LogP contribution is -2.48. The van der Waals surface area contributed by atoms with Crippen molar-refractivity contribution < 1.29 is 30.0 Å². The van der Waals surface area contributed by atoms with Gasteiger partial charge in [0.1, 0.15) is 12.1 Å². The van der Waals surface area contributed by atoms with Crippen molar-refractivity contribution in [2.75, 3.05) is 26.2 Å². The van der Waals surface area contributed by atoms with Crippen molar-refractivity contribution in [2.24, 2.45) is 0 Å². The van der Waals surface area contributed by atoms with E-state index in [2.05, 4.69) is 13.2 Å². The third-order valence-corrected chi connectivity index (χ3v) is 3.26. The van der Waals surface area contributed by atoms with Gasteiger partial charge in [-0.2, -0.15) is 0 Å². The molecule has 0 aromatic carbocycles. The highest BCUT2D eigenvalue weighted by Crippen LogP contribution is 2.07. The summed E-state index contributed by atoms with van der Waals surface area (Å²) in [6.07, 6.45) is 0. The summed E-state index contributed by atoms with van der Waals surface area (Å²) in [5.41, 5.74) is 0. The number of rotatable bonds is 11. The summed E-state index contributed by atoms with van der Waals surface area (Å²) in [5.74, 6) is -2.49. The second kappa shape index (κ2) is 9.06. The van der Waals surface area contributed by atoms with Crippen LogP contribution in [-0.4, -0.2) is 80.4 Å². The van der Waals surface area contributed by atoms with Gasteiger partial charge < -0.3 is 20.4 Å². The van der Waals surface area contributed by atoms with Gasteiger partial charge in [0.05, 0.1) is 24.6 Å². The molecule has 4 N–H and O–H groups in total. The van der Waals surface area contributed by atoms with Crippen molar-refractivity contribution in [3.8, 4) is 0 Å². The predicted octanol–water partition coefficient (Wildman–Crippen LogP) is 0.680. The summed E-state index contributed by atoms with van der Waals surface area (Å²) in [7, 11) is 0. The molecule has 0 amide bonds. The Kier molecular flexibility index (Phi) is 8.21. The highest BCUT2D eigenvalue weighted by atomic mass is 16.4. The molecule has 0 saturated heterocycles. The van der Waals surface area contributed by atoms with E-state index in [1.54, 1.807) is 0 Å². The maximum absolute atomic E-state index is 11.1. The first-order chi connectivity index (χ1) is 10.1. The number of hydrogen-bond donors (Lipinski definition) is 4. The summed E-state index contributed by atoms with van der Waals surface area (Å²) in [6.45, 7) is 9.87. The van der Waals surface area contributed by atoms with Crippen LogP contribution in [-0.2, 0) is 9.59 Å². The van der Waals surface area contributed by atoms with Gasteiger partial charge in [-0.15, -0.1) is 0 Å². The molecule has 0 aromatic rings. The lowest BCUT2D eigenvalue weighted by molar-refractivity contribution is -0.144. The first kappa shape index (κ1) is 19.9. The summed E-state index contributed by atoms with van der Waals surface area (Å²) >= 11 is 0. The van der Waals surface area contributed by atoms with Crippen LogP contribution >= 0.6 is 0 Å². The number of carbonyl (C=O) groups is 2. The Morgan fingerprint density at radius 1 is 0.818 bits per heavy atom. The van der Waals surface area contributed by atoms with Gasteiger partial charge in [-0.3, -0.25) is 19.4 Å². The van der Waals surface area contributed by atoms with Crippen molar-refractivity contribution in [3.05, 3.63) is 24.7 Å². The SMILES string of the molecule is C=C(O)CN(CCN(CC(=C)O)C(C)C(=O)O)C(C)C(=O)O. The largest absolute Gasteiger partial charge is 0.512 e. The van der Waals surface area contributed by atoms with Crippen molar-refractivity contribution in [1.29, 1.82) is 0 Å². The lowest BCUT2D eigenvalue weighted by Gasteiger charge is -2.31. The molecule has 0 aromatic heterocycles. The van der Waals surface area contributed by atoms with Crippen LogP contribution in [0, 0.1) is 0 Å². The lowest BCUT2D eigenvalue weighted by atomic mass is 10.2. The molecule has 22 heavy (non-hydrogen) atoms. The zero-order valence-corrected chi connectivity index (χ0v) is 12.9. The molecule has 0 aliphatic heterocycles.